The van der Waals surface area contributed by atoms with Crippen LogP contribution >= 0.6 is 0 Å². The number of hydrogen-bond donors (Lipinski definition) is 2. The van der Waals surface area contributed by atoms with Gasteiger partial charge in [0.05, 0.1) is 6.04 Å². The van der Waals surface area contributed by atoms with Crippen molar-refractivity contribution >= 4 is 0 Å². The maximum absolute atomic E-state index is 5.63. The third-order valence-electron chi connectivity index (χ3n) is 2.84. The van der Waals surface area contributed by atoms with E-state index < -0.39 is 0 Å². The number of hydrogen-bond acceptors (Lipinski definition) is 6. The Morgan fingerprint density at radius 3 is 2.45 bits per heavy atom. The van der Waals surface area contributed by atoms with Crippen LogP contribution in [-0.2, 0) is 22.4 Å². The summed E-state index contributed by atoms with van der Waals surface area (Å²) < 4.78 is 13.1. The zero-order valence-electron chi connectivity index (χ0n) is 12.9. The van der Waals surface area contributed by atoms with Crippen molar-refractivity contribution in [3.63, 3.8) is 0 Å². The van der Waals surface area contributed by atoms with E-state index in [1.165, 1.54) is 0 Å². The van der Waals surface area contributed by atoms with Gasteiger partial charge in [-0.2, -0.15) is 5.10 Å². The maximum Gasteiger partial charge on any atom is 0.174 e. The molecule has 7 nitrogen and oxygen atoms in total. The van der Waals surface area contributed by atoms with Gasteiger partial charge < -0.3 is 9.47 Å². The summed E-state index contributed by atoms with van der Waals surface area (Å²) in [5, 5.41) is 4.25. The van der Waals surface area contributed by atoms with Gasteiger partial charge in [0.25, 0.3) is 0 Å². The first-order valence-corrected chi connectivity index (χ1v) is 7.18. The SMILES string of the molecule is CCOC(OCC)C(Cc1ncnn1CC(C)C)NN. The van der Waals surface area contributed by atoms with E-state index in [1.807, 2.05) is 18.5 Å². The highest BCUT2D eigenvalue weighted by Crippen LogP contribution is 2.09. The molecule has 0 amide bonds. The Morgan fingerprint density at radius 2 is 1.95 bits per heavy atom. The van der Waals surface area contributed by atoms with Crippen molar-refractivity contribution < 1.29 is 9.47 Å². The third-order valence-corrected chi connectivity index (χ3v) is 2.84. The molecule has 0 aliphatic carbocycles. The van der Waals surface area contributed by atoms with Crippen molar-refractivity contribution in [1.29, 1.82) is 0 Å². The summed E-state index contributed by atoms with van der Waals surface area (Å²) in [6.45, 7) is 10.1. The van der Waals surface area contributed by atoms with E-state index in [0.717, 1.165) is 12.4 Å². The van der Waals surface area contributed by atoms with E-state index in [2.05, 4.69) is 29.4 Å². The van der Waals surface area contributed by atoms with Gasteiger partial charge in [-0.25, -0.2) is 9.67 Å². The summed E-state index contributed by atoms with van der Waals surface area (Å²) in [6, 6.07) is -0.162. The molecule has 1 heterocycles. The number of hydrazine groups is 1. The molecule has 3 N–H and O–H groups in total. The first-order chi connectivity index (χ1) is 9.62. The third kappa shape index (κ3) is 5.16. The van der Waals surface area contributed by atoms with Gasteiger partial charge in [0.15, 0.2) is 6.29 Å². The van der Waals surface area contributed by atoms with Crippen molar-refractivity contribution in [3.05, 3.63) is 12.2 Å². The fraction of sp³-hybridized carbons (Fsp3) is 0.846. The number of ether oxygens (including phenoxy) is 2. The molecule has 20 heavy (non-hydrogen) atoms. The molecule has 7 heteroatoms. The first-order valence-electron chi connectivity index (χ1n) is 7.18. The van der Waals surface area contributed by atoms with Crippen LogP contribution in [0.4, 0.5) is 0 Å². The Morgan fingerprint density at radius 1 is 1.30 bits per heavy atom. The summed E-state index contributed by atoms with van der Waals surface area (Å²) in [6.07, 6.45) is 1.79. The fourth-order valence-electron chi connectivity index (χ4n) is 1.98. The number of nitrogens with two attached hydrogens (primary N) is 1. The van der Waals surface area contributed by atoms with Gasteiger partial charge in [-0.1, -0.05) is 13.8 Å². The molecule has 1 atom stereocenters. The minimum atomic E-state index is -0.390. The van der Waals surface area contributed by atoms with Gasteiger partial charge >= 0.3 is 0 Å². The molecule has 0 saturated heterocycles. The molecule has 0 saturated carbocycles. The van der Waals surface area contributed by atoms with Crippen LogP contribution in [0.25, 0.3) is 0 Å². The van der Waals surface area contributed by atoms with Gasteiger partial charge in [-0.3, -0.25) is 11.3 Å². The van der Waals surface area contributed by atoms with Crippen LogP contribution in [-0.4, -0.2) is 40.3 Å². The lowest BCUT2D eigenvalue weighted by Gasteiger charge is -2.26. The Kier molecular flexibility index (Phi) is 7.68. The second-order valence-corrected chi connectivity index (χ2v) is 5.01. The summed E-state index contributed by atoms with van der Waals surface area (Å²) in [5.74, 6) is 7.02. The van der Waals surface area contributed by atoms with Crippen LogP contribution < -0.4 is 11.3 Å². The van der Waals surface area contributed by atoms with Gasteiger partial charge in [0.2, 0.25) is 0 Å². The van der Waals surface area contributed by atoms with Crippen molar-refractivity contribution in [2.75, 3.05) is 13.2 Å². The smallest absolute Gasteiger partial charge is 0.174 e. The second kappa shape index (κ2) is 9.02. The molecule has 1 aromatic heterocycles. The quantitative estimate of drug-likeness (QED) is 0.374. The molecule has 1 aromatic rings. The molecule has 0 aromatic carbocycles. The average molecular weight is 285 g/mol. The largest absolute Gasteiger partial charge is 0.351 e. The summed E-state index contributed by atoms with van der Waals surface area (Å²) in [5.41, 5.74) is 2.76. The number of aromatic nitrogens is 3. The van der Waals surface area contributed by atoms with E-state index in [4.69, 9.17) is 15.3 Å². The number of rotatable bonds is 10. The predicted molar refractivity (Wildman–Crippen MR) is 76.7 cm³/mol. The fourth-order valence-corrected chi connectivity index (χ4v) is 1.98. The van der Waals surface area contributed by atoms with Crippen molar-refractivity contribution in [2.45, 2.75) is 53.0 Å². The molecular weight excluding hydrogens is 258 g/mol. The van der Waals surface area contributed by atoms with Crippen molar-refractivity contribution in [3.8, 4) is 0 Å². The Bertz CT molecular complexity index is 363. The van der Waals surface area contributed by atoms with Crippen molar-refractivity contribution in [1.82, 2.24) is 20.2 Å². The van der Waals surface area contributed by atoms with E-state index in [-0.39, 0.29) is 12.3 Å². The zero-order valence-corrected chi connectivity index (χ0v) is 12.9. The van der Waals surface area contributed by atoms with Crippen LogP contribution in [0.3, 0.4) is 0 Å². The van der Waals surface area contributed by atoms with E-state index in [0.29, 0.717) is 25.6 Å². The van der Waals surface area contributed by atoms with Crippen LogP contribution in [0.1, 0.15) is 33.5 Å². The van der Waals surface area contributed by atoms with E-state index in [1.54, 1.807) is 6.33 Å². The van der Waals surface area contributed by atoms with Crippen LogP contribution in [0.15, 0.2) is 6.33 Å². The lowest BCUT2D eigenvalue weighted by molar-refractivity contribution is -0.154. The maximum atomic E-state index is 5.63. The highest BCUT2D eigenvalue weighted by Gasteiger charge is 2.23. The molecule has 0 aliphatic heterocycles. The van der Waals surface area contributed by atoms with Crippen LogP contribution in [0, 0.1) is 5.92 Å². The Balaban J connectivity index is 2.73. The average Bonchev–Trinajstić information content (AvgIpc) is 2.82. The van der Waals surface area contributed by atoms with Gasteiger partial charge in [-0.05, 0) is 19.8 Å². The van der Waals surface area contributed by atoms with E-state index >= 15 is 0 Å². The second-order valence-electron chi connectivity index (χ2n) is 5.01. The number of nitrogens with one attached hydrogen (secondary N) is 1. The summed E-state index contributed by atoms with van der Waals surface area (Å²) in [4.78, 5) is 4.30. The highest BCUT2D eigenvalue weighted by molar-refractivity contribution is 4.91. The lowest BCUT2D eigenvalue weighted by Crippen LogP contribution is -2.48. The van der Waals surface area contributed by atoms with Gasteiger partial charge in [0, 0.05) is 26.2 Å². The molecule has 116 valence electrons. The minimum Gasteiger partial charge on any atom is -0.351 e. The molecule has 0 aliphatic rings. The predicted octanol–water partition coefficient (Wildman–Crippen LogP) is 0.708. The molecule has 1 unspecified atom stereocenters. The zero-order chi connectivity index (χ0) is 15.0. The van der Waals surface area contributed by atoms with E-state index in [9.17, 15) is 0 Å². The highest BCUT2D eigenvalue weighted by atomic mass is 16.7. The molecule has 0 spiro atoms. The standard InChI is InChI=1S/C13H27N5O2/c1-5-19-13(20-6-2)11(17-14)7-12-15-9-16-18(12)8-10(3)4/h9-11,13,17H,5-8,14H2,1-4H3. The molecule has 0 fully saturated rings. The molecular formula is C13H27N5O2. The lowest BCUT2D eigenvalue weighted by atomic mass is 10.2. The Hall–Kier alpha value is -1.02. The number of nitrogens with zero attached hydrogens (tertiary/aromatic N) is 3. The van der Waals surface area contributed by atoms with Crippen LogP contribution in [0.5, 0.6) is 0 Å². The minimum absolute atomic E-state index is 0.162. The summed E-state index contributed by atoms with van der Waals surface area (Å²) >= 11 is 0. The first kappa shape index (κ1) is 17.0. The van der Waals surface area contributed by atoms with Crippen molar-refractivity contribution in [2.24, 2.45) is 11.8 Å². The van der Waals surface area contributed by atoms with Gasteiger partial charge in [-0.15, -0.1) is 0 Å². The molecule has 1 rings (SSSR count). The normalized spacial score (nSPS) is 13.3. The summed E-state index contributed by atoms with van der Waals surface area (Å²) in [7, 11) is 0. The van der Waals surface area contributed by atoms with Crippen LogP contribution in [0.2, 0.25) is 0 Å². The van der Waals surface area contributed by atoms with Gasteiger partial charge in [0.1, 0.15) is 12.2 Å². The Labute approximate surface area is 120 Å². The molecule has 0 radical (unpaired) electrons. The molecule has 0 bridgehead atoms. The monoisotopic (exact) mass is 285 g/mol. The topological polar surface area (TPSA) is 87.2 Å².